The fourth-order valence-electron chi connectivity index (χ4n) is 1.92. The number of ether oxygens (including phenoxy) is 1. The molecule has 6 heteroatoms. The molecule has 0 bridgehead atoms. The highest BCUT2D eigenvalue weighted by Gasteiger charge is 2.26. The van der Waals surface area contributed by atoms with Crippen LogP contribution in [-0.4, -0.2) is 29.6 Å². The average molecular weight is 250 g/mol. The van der Waals surface area contributed by atoms with Crippen molar-refractivity contribution in [2.45, 2.75) is 25.5 Å². The third kappa shape index (κ3) is 2.65. The molecule has 1 heterocycles. The molecule has 0 amide bonds. The van der Waals surface area contributed by atoms with Crippen molar-refractivity contribution in [2.75, 3.05) is 6.54 Å². The largest absolute Gasteiger partial charge is 0.457 e. The van der Waals surface area contributed by atoms with Gasteiger partial charge in [0.2, 0.25) is 0 Å². The third-order valence-electron chi connectivity index (χ3n) is 3.03. The van der Waals surface area contributed by atoms with Crippen LogP contribution in [-0.2, 0) is 4.74 Å². The van der Waals surface area contributed by atoms with Crippen molar-refractivity contribution in [2.24, 2.45) is 0 Å². The van der Waals surface area contributed by atoms with Gasteiger partial charge in [0.25, 0.3) is 5.69 Å². The molecule has 2 rings (SSSR count). The van der Waals surface area contributed by atoms with Gasteiger partial charge < -0.3 is 10.1 Å². The van der Waals surface area contributed by atoms with E-state index in [9.17, 15) is 14.9 Å². The predicted molar refractivity (Wildman–Crippen MR) is 64.4 cm³/mol. The lowest BCUT2D eigenvalue weighted by Crippen LogP contribution is -2.30. The number of benzene rings is 1. The number of esters is 1. The molecule has 0 aromatic heterocycles. The van der Waals surface area contributed by atoms with Gasteiger partial charge in [0.1, 0.15) is 6.10 Å². The van der Waals surface area contributed by atoms with E-state index in [2.05, 4.69) is 5.32 Å². The summed E-state index contributed by atoms with van der Waals surface area (Å²) in [7, 11) is 0. The number of non-ortho nitro benzene ring substituents is 1. The molecular weight excluding hydrogens is 236 g/mol. The van der Waals surface area contributed by atoms with Crippen LogP contribution in [0.3, 0.4) is 0 Å². The van der Waals surface area contributed by atoms with E-state index >= 15 is 0 Å². The number of rotatable bonds is 3. The van der Waals surface area contributed by atoms with Crippen LogP contribution >= 0.6 is 0 Å². The quantitative estimate of drug-likeness (QED) is 0.499. The van der Waals surface area contributed by atoms with Crippen molar-refractivity contribution in [1.82, 2.24) is 5.32 Å². The zero-order chi connectivity index (χ0) is 13.1. The molecule has 1 saturated heterocycles. The van der Waals surface area contributed by atoms with Crippen LogP contribution in [0.25, 0.3) is 0 Å². The maximum Gasteiger partial charge on any atom is 0.338 e. The van der Waals surface area contributed by atoms with Crippen LogP contribution in [0.2, 0.25) is 0 Å². The molecule has 1 aromatic carbocycles. The molecule has 1 aliphatic rings. The number of nitrogens with one attached hydrogen (secondary N) is 1. The minimum absolute atomic E-state index is 0.0394. The first-order chi connectivity index (χ1) is 8.58. The van der Waals surface area contributed by atoms with E-state index < -0.39 is 10.9 Å². The lowest BCUT2D eigenvalue weighted by Gasteiger charge is -2.15. The van der Waals surface area contributed by atoms with Gasteiger partial charge in [0.05, 0.1) is 10.5 Å². The first-order valence-electron chi connectivity index (χ1n) is 5.77. The molecule has 1 aromatic rings. The van der Waals surface area contributed by atoms with E-state index in [-0.39, 0.29) is 17.8 Å². The summed E-state index contributed by atoms with van der Waals surface area (Å²) in [5.74, 6) is -0.439. The van der Waals surface area contributed by atoms with Gasteiger partial charge in [-0.15, -0.1) is 0 Å². The van der Waals surface area contributed by atoms with Crippen molar-refractivity contribution in [3.63, 3.8) is 0 Å². The summed E-state index contributed by atoms with van der Waals surface area (Å²) >= 11 is 0. The molecular formula is C12H14N2O4. The van der Waals surface area contributed by atoms with Gasteiger partial charge in [-0.3, -0.25) is 10.1 Å². The Labute approximate surface area is 104 Å². The second-order valence-corrected chi connectivity index (χ2v) is 4.28. The van der Waals surface area contributed by atoms with Crippen molar-refractivity contribution in [1.29, 1.82) is 0 Å². The summed E-state index contributed by atoms with van der Waals surface area (Å²) in [5, 5.41) is 13.7. The Morgan fingerprint density at radius 1 is 1.44 bits per heavy atom. The number of nitrogens with zero attached hydrogens (tertiary/aromatic N) is 1. The fourth-order valence-corrected chi connectivity index (χ4v) is 1.92. The van der Waals surface area contributed by atoms with Crippen LogP contribution in [0.1, 0.15) is 23.7 Å². The Morgan fingerprint density at radius 2 is 2.11 bits per heavy atom. The second-order valence-electron chi connectivity index (χ2n) is 4.28. The molecule has 0 saturated carbocycles. The Hall–Kier alpha value is -1.95. The number of nitro groups is 1. The molecule has 0 unspecified atom stereocenters. The van der Waals surface area contributed by atoms with E-state index in [1.165, 1.54) is 24.3 Å². The molecule has 6 nitrogen and oxygen atoms in total. The first kappa shape index (κ1) is 12.5. The lowest BCUT2D eigenvalue weighted by atomic mass is 10.2. The molecule has 0 aliphatic carbocycles. The van der Waals surface area contributed by atoms with Gasteiger partial charge in [0.15, 0.2) is 0 Å². The molecule has 0 spiro atoms. The minimum atomic E-state index is -0.502. The third-order valence-corrected chi connectivity index (χ3v) is 3.03. The SMILES string of the molecule is C[C@@H]1NCC[C@H]1OC(=O)c1ccc([N+](=O)[O-])cc1. The number of hydrogen-bond acceptors (Lipinski definition) is 5. The maximum atomic E-state index is 11.8. The highest BCUT2D eigenvalue weighted by Crippen LogP contribution is 2.16. The number of hydrogen-bond donors (Lipinski definition) is 1. The van der Waals surface area contributed by atoms with Gasteiger partial charge in [-0.25, -0.2) is 4.79 Å². The van der Waals surface area contributed by atoms with E-state index in [1.807, 2.05) is 6.92 Å². The molecule has 96 valence electrons. The summed E-state index contributed by atoms with van der Waals surface area (Å²) < 4.78 is 5.34. The van der Waals surface area contributed by atoms with E-state index in [1.54, 1.807) is 0 Å². The van der Waals surface area contributed by atoms with Gasteiger partial charge in [-0.2, -0.15) is 0 Å². The summed E-state index contributed by atoms with van der Waals surface area (Å²) in [6.45, 7) is 2.79. The summed E-state index contributed by atoms with van der Waals surface area (Å²) in [4.78, 5) is 21.8. The molecule has 0 radical (unpaired) electrons. The monoisotopic (exact) mass is 250 g/mol. The first-order valence-corrected chi connectivity index (χ1v) is 5.77. The normalized spacial score (nSPS) is 22.7. The Bertz CT molecular complexity index is 458. The average Bonchev–Trinajstić information content (AvgIpc) is 2.75. The zero-order valence-electron chi connectivity index (χ0n) is 9.96. The number of carbonyl (C=O) groups is 1. The van der Waals surface area contributed by atoms with Gasteiger partial charge in [0, 0.05) is 18.2 Å². The van der Waals surface area contributed by atoms with Gasteiger partial charge in [-0.1, -0.05) is 0 Å². The zero-order valence-corrected chi connectivity index (χ0v) is 9.96. The van der Waals surface area contributed by atoms with Crippen LogP contribution in [0.15, 0.2) is 24.3 Å². The summed E-state index contributed by atoms with van der Waals surface area (Å²) in [6, 6.07) is 5.56. The Morgan fingerprint density at radius 3 is 2.61 bits per heavy atom. The van der Waals surface area contributed by atoms with Crippen molar-refractivity contribution in [3.8, 4) is 0 Å². The van der Waals surface area contributed by atoms with E-state index in [4.69, 9.17) is 4.74 Å². The molecule has 1 N–H and O–H groups in total. The molecule has 2 atom stereocenters. The number of nitro benzene ring substituents is 1. The van der Waals surface area contributed by atoms with Crippen LogP contribution < -0.4 is 5.32 Å². The molecule has 1 aliphatic heterocycles. The highest BCUT2D eigenvalue weighted by molar-refractivity contribution is 5.89. The fraction of sp³-hybridized carbons (Fsp3) is 0.417. The molecule has 1 fully saturated rings. The topological polar surface area (TPSA) is 81.5 Å². The van der Waals surface area contributed by atoms with E-state index in [0.717, 1.165) is 13.0 Å². The number of carbonyl (C=O) groups excluding carboxylic acids is 1. The van der Waals surface area contributed by atoms with E-state index in [0.29, 0.717) is 5.56 Å². The Balaban J connectivity index is 2.02. The minimum Gasteiger partial charge on any atom is -0.457 e. The van der Waals surface area contributed by atoms with Crippen molar-refractivity contribution in [3.05, 3.63) is 39.9 Å². The highest BCUT2D eigenvalue weighted by atomic mass is 16.6. The summed E-state index contributed by atoms with van der Waals surface area (Å²) in [6.07, 6.45) is 0.660. The van der Waals surface area contributed by atoms with Crippen molar-refractivity contribution >= 4 is 11.7 Å². The maximum absolute atomic E-state index is 11.8. The van der Waals surface area contributed by atoms with Crippen LogP contribution in [0.5, 0.6) is 0 Å². The van der Waals surface area contributed by atoms with Crippen LogP contribution in [0, 0.1) is 10.1 Å². The Kier molecular flexibility index (Phi) is 3.57. The standard InChI is InChI=1S/C12H14N2O4/c1-8-11(6-7-13-8)18-12(15)9-2-4-10(5-3-9)14(16)17/h2-5,8,11,13H,6-7H2,1H3/t8-,11+/m0/s1. The lowest BCUT2D eigenvalue weighted by molar-refractivity contribution is -0.384. The molecule has 18 heavy (non-hydrogen) atoms. The predicted octanol–water partition coefficient (Wildman–Crippen LogP) is 1.50. The second kappa shape index (κ2) is 5.14. The van der Waals surface area contributed by atoms with Gasteiger partial charge >= 0.3 is 5.97 Å². The van der Waals surface area contributed by atoms with Crippen molar-refractivity contribution < 1.29 is 14.5 Å². The summed E-state index contributed by atoms with van der Waals surface area (Å²) in [5.41, 5.74) is 0.294. The van der Waals surface area contributed by atoms with Crippen LogP contribution in [0.4, 0.5) is 5.69 Å². The smallest absolute Gasteiger partial charge is 0.338 e. The van der Waals surface area contributed by atoms with Gasteiger partial charge in [-0.05, 0) is 32.0 Å².